The zero-order valence-corrected chi connectivity index (χ0v) is 12.2. The van der Waals surface area contributed by atoms with Gasteiger partial charge in [0.2, 0.25) is 0 Å². The predicted molar refractivity (Wildman–Crippen MR) is 78.0 cm³/mol. The minimum Gasteiger partial charge on any atom is -0.497 e. The number of benzene rings is 1. The summed E-state index contributed by atoms with van der Waals surface area (Å²) in [4.78, 5) is 13.6. The molecule has 1 aromatic carbocycles. The molecule has 0 radical (unpaired) electrons. The fourth-order valence-corrected chi connectivity index (χ4v) is 3.08. The Bertz CT molecular complexity index is 444. The van der Waals surface area contributed by atoms with Crippen LogP contribution in [0, 0.1) is 0 Å². The molecule has 110 valence electrons. The van der Waals surface area contributed by atoms with Gasteiger partial charge < -0.3 is 9.84 Å². The summed E-state index contributed by atoms with van der Waals surface area (Å²) in [6, 6.07) is 7.79. The number of nitrogens with zero attached hydrogens (tertiary/aromatic N) is 1. The molecule has 4 nitrogen and oxygen atoms in total. The fourth-order valence-electron chi connectivity index (χ4n) is 3.08. The molecule has 2 unspecified atom stereocenters. The zero-order valence-electron chi connectivity index (χ0n) is 12.2. The molecule has 2 atom stereocenters. The molecular weight excluding hydrogens is 254 g/mol. The van der Waals surface area contributed by atoms with Crippen molar-refractivity contribution < 1.29 is 14.6 Å². The number of ether oxygens (including phenoxy) is 1. The van der Waals surface area contributed by atoms with E-state index in [1.165, 1.54) is 5.56 Å². The third kappa shape index (κ3) is 3.12. The molecule has 1 heterocycles. The number of carboxylic acid groups (broad SMARTS) is 1. The average molecular weight is 277 g/mol. The van der Waals surface area contributed by atoms with Gasteiger partial charge in [-0.2, -0.15) is 0 Å². The molecule has 2 rings (SSSR count). The van der Waals surface area contributed by atoms with Crippen molar-refractivity contribution in [1.29, 1.82) is 0 Å². The van der Waals surface area contributed by atoms with Crippen molar-refractivity contribution in [2.75, 3.05) is 13.7 Å². The summed E-state index contributed by atoms with van der Waals surface area (Å²) < 4.78 is 5.18. The van der Waals surface area contributed by atoms with Crippen molar-refractivity contribution in [2.24, 2.45) is 0 Å². The van der Waals surface area contributed by atoms with Gasteiger partial charge in [-0.15, -0.1) is 0 Å². The van der Waals surface area contributed by atoms with Crippen LogP contribution in [-0.2, 0) is 4.79 Å². The molecule has 0 bridgehead atoms. The molecule has 20 heavy (non-hydrogen) atoms. The standard InChI is InChI=1S/C16H23NO3/c1-3-14(12-7-9-13(20-2)10-8-12)17-11-5-4-6-15(17)16(18)19/h7-10,14-15H,3-6,11H2,1-2H3,(H,18,19). The van der Waals surface area contributed by atoms with E-state index < -0.39 is 5.97 Å². The minimum atomic E-state index is -0.698. The lowest BCUT2D eigenvalue weighted by atomic mass is 9.95. The van der Waals surface area contributed by atoms with Gasteiger partial charge in [0.05, 0.1) is 7.11 Å². The Morgan fingerprint density at radius 2 is 2.10 bits per heavy atom. The van der Waals surface area contributed by atoms with Gasteiger partial charge in [-0.05, 0) is 43.5 Å². The van der Waals surface area contributed by atoms with Gasteiger partial charge in [-0.1, -0.05) is 25.5 Å². The molecule has 1 saturated heterocycles. The number of methoxy groups -OCH3 is 1. The molecule has 0 aromatic heterocycles. The number of carbonyl (C=O) groups is 1. The number of hydrogen-bond donors (Lipinski definition) is 1. The minimum absolute atomic E-state index is 0.169. The molecule has 1 aliphatic rings. The second-order valence-corrected chi connectivity index (χ2v) is 5.28. The van der Waals surface area contributed by atoms with Crippen molar-refractivity contribution in [2.45, 2.75) is 44.7 Å². The first kappa shape index (κ1) is 14.9. The first-order valence-corrected chi connectivity index (χ1v) is 7.30. The van der Waals surface area contributed by atoms with Gasteiger partial charge in [0.25, 0.3) is 0 Å². The monoisotopic (exact) mass is 277 g/mol. The van der Waals surface area contributed by atoms with Crippen molar-refractivity contribution in [1.82, 2.24) is 4.90 Å². The molecule has 0 saturated carbocycles. The van der Waals surface area contributed by atoms with Crippen molar-refractivity contribution in [3.8, 4) is 5.75 Å². The van der Waals surface area contributed by atoms with Gasteiger partial charge in [0.15, 0.2) is 0 Å². The molecule has 1 N–H and O–H groups in total. The maximum absolute atomic E-state index is 11.5. The second-order valence-electron chi connectivity index (χ2n) is 5.28. The van der Waals surface area contributed by atoms with Crippen LogP contribution in [-0.4, -0.2) is 35.7 Å². The first-order valence-electron chi connectivity index (χ1n) is 7.30. The van der Waals surface area contributed by atoms with Gasteiger partial charge in [0, 0.05) is 6.04 Å². The number of hydrogen-bond acceptors (Lipinski definition) is 3. The Hall–Kier alpha value is -1.55. The van der Waals surface area contributed by atoms with E-state index >= 15 is 0 Å². The summed E-state index contributed by atoms with van der Waals surface area (Å²) in [5.74, 6) is 0.133. The molecular formula is C16H23NO3. The van der Waals surface area contributed by atoms with Crippen LogP contribution < -0.4 is 4.74 Å². The van der Waals surface area contributed by atoms with Gasteiger partial charge in [0.1, 0.15) is 11.8 Å². The highest BCUT2D eigenvalue weighted by molar-refractivity contribution is 5.73. The highest BCUT2D eigenvalue weighted by atomic mass is 16.5. The first-order chi connectivity index (χ1) is 9.67. The van der Waals surface area contributed by atoms with Crippen LogP contribution in [0.25, 0.3) is 0 Å². The fraction of sp³-hybridized carbons (Fsp3) is 0.562. The number of rotatable bonds is 5. The Balaban J connectivity index is 2.22. The Morgan fingerprint density at radius 1 is 1.40 bits per heavy atom. The molecule has 0 spiro atoms. The third-order valence-corrected chi connectivity index (χ3v) is 4.12. The van der Waals surface area contributed by atoms with Crippen LogP contribution in [0.15, 0.2) is 24.3 Å². The van der Waals surface area contributed by atoms with Crippen LogP contribution >= 0.6 is 0 Å². The number of aliphatic carboxylic acids is 1. The lowest BCUT2D eigenvalue weighted by molar-refractivity contribution is -0.146. The second kappa shape index (κ2) is 6.75. The van der Waals surface area contributed by atoms with Gasteiger partial charge in [-0.3, -0.25) is 9.69 Å². The maximum atomic E-state index is 11.5. The third-order valence-electron chi connectivity index (χ3n) is 4.12. The van der Waals surface area contributed by atoms with Crippen molar-refractivity contribution >= 4 is 5.97 Å². The quantitative estimate of drug-likeness (QED) is 0.898. The Kier molecular flexibility index (Phi) is 5.01. The Labute approximate surface area is 120 Å². The Morgan fingerprint density at radius 3 is 2.65 bits per heavy atom. The summed E-state index contributed by atoms with van der Waals surface area (Å²) in [5, 5.41) is 9.42. The summed E-state index contributed by atoms with van der Waals surface area (Å²) in [5.41, 5.74) is 1.17. The molecule has 1 aromatic rings. The van der Waals surface area contributed by atoms with Gasteiger partial charge >= 0.3 is 5.97 Å². The van der Waals surface area contributed by atoms with E-state index in [4.69, 9.17) is 4.74 Å². The normalized spacial score (nSPS) is 21.4. The van der Waals surface area contributed by atoms with Crippen LogP contribution in [0.1, 0.15) is 44.2 Å². The van der Waals surface area contributed by atoms with Crippen LogP contribution in [0.3, 0.4) is 0 Å². The molecule has 0 amide bonds. The highest BCUT2D eigenvalue weighted by Crippen LogP contribution is 2.31. The number of carboxylic acids is 1. The molecule has 1 fully saturated rings. The van der Waals surface area contributed by atoms with Crippen molar-refractivity contribution in [3.05, 3.63) is 29.8 Å². The largest absolute Gasteiger partial charge is 0.497 e. The lowest BCUT2D eigenvalue weighted by Gasteiger charge is -2.39. The van der Waals surface area contributed by atoms with E-state index in [0.29, 0.717) is 0 Å². The van der Waals surface area contributed by atoms with Crippen LogP contribution in [0.2, 0.25) is 0 Å². The molecule has 1 aliphatic heterocycles. The number of piperidine rings is 1. The summed E-state index contributed by atoms with van der Waals surface area (Å²) in [6.07, 6.45) is 3.75. The zero-order chi connectivity index (χ0) is 14.5. The SMILES string of the molecule is CCC(c1ccc(OC)cc1)N1CCCCC1C(=O)O. The number of likely N-dealkylation sites (tertiary alicyclic amines) is 1. The maximum Gasteiger partial charge on any atom is 0.320 e. The van der Waals surface area contributed by atoms with E-state index in [-0.39, 0.29) is 12.1 Å². The van der Waals surface area contributed by atoms with E-state index in [0.717, 1.165) is 38.0 Å². The lowest BCUT2D eigenvalue weighted by Crippen LogP contribution is -2.46. The van der Waals surface area contributed by atoms with E-state index in [9.17, 15) is 9.90 Å². The van der Waals surface area contributed by atoms with E-state index in [1.807, 2.05) is 24.3 Å². The highest BCUT2D eigenvalue weighted by Gasteiger charge is 2.33. The summed E-state index contributed by atoms with van der Waals surface area (Å²) >= 11 is 0. The van der Waals surface area contributed by atoms with E-state index in [1.54, 1.807) is 7.11 Å². The topological polar surface area (TPSA) is 49.8 Å². The molecule has 0 aliphatic carbocycles. The summed E-state index contributed by atoms with van der Waals surface area (Å²) in [6.45, 7) is 2.98. The molecule has 4 heteroatoms. The predicted octanol–water partition coefficient (Wildman–Crippen LogP) is 3.09. The van der Waals surface area contributed by atoms with Crippen LogP contribution in [0.4, 0.5) is 0 Å². The van der Waals surface area contributed by atoms with Gasteiger partial charge in [-0.25, -0.2) is 0 Å². The summed E-state index contributed by atoms with van der Waals surface area (Å²) in [7, 11) is 1.65. The van der Waals surface area contributed by atoms with Crippen molar-refractivity contribution in [3.63, 3.8) is 0 Å². The van der Waals surface area contributed by atoms with E-state index in [2.05, 4.69) is 11.8 Å². The van der Waals surface area contributed by atoms with Crippen LogP contribution in [0.5, 0.6) is 5.75 Å². The smallest absolute Gasteiger partial charge is 0.320 e. The average Bonchev–Trinajstić information content (AvgIpc) is 2.49.